The predicted octanol–water partition coefficient (Wildman–Crippen LogP) is 2.13. The maximum absolute atomic E-state index is 9.28. The minimum Gasteiger partial charge on any atom is -0.467 e. The highest BCUT2D eigenvalue weighted by Crippen LogP contribution is 2.39. The van der Waals surface area contributed by atoms with Crippen molar-refractivity contribution in [2.45, 2.75) is 31.2 Å². The average molecular weight is 299 g/mol. The van der Waals surface area contributed by atoms with Gasteiger partial charge in [-0.25, -0.2) is 4.98 Å². The topological polar surface area (TPSA) is 88.5 Å². The van der Waals surface area contributed by atoms with Gasteiger partial charge < -0.3 is 14.8 Å². The van der Waals surface area contributed by atoms with E-state index in [4.69, 9.17) is 4.42 Å². The minimum absolute atomic E-state index is 0.0570. The van der Waals surface area contributed by atoms with Gasteiger partial charge in [0, 0.05) is 24.9 Å². The maximum atomic E-state index is 9.28. The number of aliphatic hydroxyl groups is 1. The Bertz CT molecular complexity index is 763. The molecule has 22 heavy (non-hydrogen) atoms. The molecule has 0 saturated heterocycles. The van der Waals surface area contributed by atoms with Gasteiger partial charge in [-0.15, -0.1) is 10.2 Å². The Balaban J connectivity index is 1.68. The highest BCUT2D eigenvalue weighted by molar-refractivity contribution is 5.62. The number of hydrogen-bond acceptors (Lipinski definition) is 6. The van der Waals surface area contributed by atoms with Crippen LogP contribution in [0.5, 0.6) is 0 Å². The molecule has 3 aromatic rings. The first-order valence-electron chi connectivity index (χ1n) is 7.47. The van der Waals surface area contributed by atoms with E-state index in [9.17, 15) is 5.11 Å². The zero-order valence-electron chi connectivity index (χ0n) is 12.0. The fraction of sp³-hybridized carbons (Fsp3) is 0.400. The van der Waals surface area contributed by atoms with Crippen LogP contribution in [0.15, 0.2) is 35.2 Å². The van der Waals surface area contributed by atoms with Gasteiger partial charge in [0.2, 0.25) is 5.65 Å². The van der Waals surface area contributed by atoms with E-state index in [-0.39, 0.29) is 12.6 Å². The van der Waals surface area contributed by atoms with E-state index in [1.807, 2.05) is 22.7 Å². The van der Waals surface area contributed by atoms with Crippen LogP contribution in [0.25, 0.3) is 5.65 Å². The summed E-state index contributed by atoms with van der Waals surface area (Å²) >= 11 is 0. The number of fused-ring (bicyclic) bond motifs is 1. The molecule has 0 aliphatic heterocycles. The van der Waals surface area contributed by atoms with Crippen molar-refractivity contribution in [3.63, 3.8) is 0 Å². The van der Waals surface area contributed by atoms with Crippen molar-refractivity contribution in [1.82, 2.24) is 19.6 Å². The smallest absolute Gasteiger partial charge is 0.203 e. The largest absolute Gasteiger partial charge is 0.467 e. The van der Waals surface area contributed by atoms with Crippen LogP contribution in [0.2, 0.25) is 0 Å². The molecule has 1 unspecified atom stereocenters. The fourth-order valence-electron chi connectivity index (χ4n) is 2.64. The van der Waals surface area contributed by atoms with Gasteiger partial charge in [0.25, 0.3) is 0 Å². The molecule has 3 heterocycles. The van der Waals surface area contributed by atoms with Gasteiger partial charge in [-0.3, -0.25) is 4.40 Å². The number of hydrogen-bond donors (Lipinski definition) is 2. The van der Waals surface area contributed by atoms with Crippen LogP contribution >= 0.6 is 0 Å². The summed E-state index contributed by atoms with van der Waals surface area (Å²) in [5.41, 5.74) is 0.707. The molecule has 1 fully saturated rings. The van der Waals surface area contributed by atoms with Crippen molar-refractivity contribution in [1.29, 1.82) is 0 Å². The van der Waals surface area contributed by atoms with Gasteiger partial charge >= 0.3 is 0 Å². The molecule has 7 nitrogen and oxygen atoms in total. The summed E-state index contributed by atoms with van der Waals surface area (Å²) in [5.74, 6) is 2.93. The number of nitrogens with one attached hydrogen (secondary N) is 1. The third kappa shape index (κ3) is 2.33. The zero-order chi connectivity index (χ0) is 14.9. The average Bonchev–Trinajstić information content (AvgIpc) is 3.06. The Hall–Kier alpha value is -2.41. The first-order chi connectivity index (χ1) is 10.9. The summed E-state index contributed by atoms with van der Waals surface area (Å²) in [6.07, 6.45) is 8.12. The van der Waals surface area contributed by atoms with E-state index >= 15 is 0 Å². The van der Waals surface area contributed by atoms with Gasteiger partial charge in [0.15, 0.2) is 5.82 Å². The maximum Gasteiger partial charge on any atom is 0.203 e. The van der Waals surface area contributed by atoms with E-state index in [0.29, 0.717) is 23.8 Å². The van der Waals surface area contributed by atoms with Crippen LogP contribution in [0.1, 0.15) is 42.8 Å². The van der Waals surface area contributed by atoms with Crippen LogP contribution in [0.4, 0.5) is 5.82 Å². The normalized spacial score (nSPS) is 16.0. The molecule has 0 aromatic carbocycles. The monoisotopic (exact) mass is 299 g/mol. The first kappa shape index (κ1) is 13.3. The van der Waals surface area contributed by atoms with Gasteiger partial charge in [-0.1, -0.05) is 0 Å². The Morgan fingerprint density at radius 1 is 1.41 bits per heavy atom. The molecule has 0 amide bonds. The van der Waals surface area contributed by atoms with Crippen LogP contribution in [0.3, 0.4) is 0 Å². The van der Waals surface area contributed by atoms with Crippen molar-refractivity contribution in [2.75, 3.05) is 11.9 Å². The highest BCUT2D eigenvalue weighted by Gasteiger charge is 2.29. The summed E-state index contributed by atoms with van der Waals surface area (Å²) in [4.78, 5) is 4.37. The molecule has 1 saturated carbocycles. The van der Waals surface area contributed by atoms with Gasteiger partial charge in [-0.05, 0) is 31.4 Å². The van der Waals surface area contributed by atoms with Crippen LogP contribution in [-0.2, 0) is 0 Å². The van der Waals surface area contributed by atoms with Crippen LogP contribution in [0, 0.1) is 0 Å². The number of aliphatic hydroxyl groups excluding tert-OH is 1. The molecule has 4 rings (SSSR count). The first-order valence-corrected chi connectivity index (χ1v) is 7.47. The minimum atomic E-state index is -0.153. The Morgan fingerprint density at radius 2 is 2.32 bits per heavy atom. The summed E-state index contributed by atoms with van der Waals surface area (Å²) in [7, 11) is 0. The number of nitrogens with zero attached hydrogens (tertiary/aromatic N) is 4. The lowest BCUT2D eigenvalue weighted by Crippen LogP contribution is -2.13. The molecule has 1 aliphatic carbocycles. The Labute approximate surface area is 127 Å². The third-order valence-electron chi connectivity index (χ3n) is 3.91. The van der Waals surface area contributed by atoms with Crippen molar-refractivity contribution in [3.8, 4) is 0 Å². The van der Waals surface area contributed by atoms with E-state index in [0.717, 1.165) is 11.6 Å². The molecule has 1 aliphatic rings. The molecule has 7 heteroatoms. The molecule has 0 bridgehead atoms. The number of rotatable bonds is 6. The summed E-state index contributed by atoms with van der Waals surface area (Å²) in [6, 6.07) is 3.56. The van der Waals surface area contributed by atoms with Crippen LogP contribution in [-0.4, -0.2) is 31.3 Å². The SMILES string of the molecule is OCCC(Nc1nccn2c(C3CC3)nnc12)c1ccco1. The van der Waals surface area contributed by atoms with E-state index in [2.05, 4.69) is 20.5 Å². The molecule has 3 aromatic heterocycles. The second-order valence-corrected chi connectivity index (χ2v) is 5.53. The lowest BCUT2D eigenvalue weighted by atomic mass is 10.1. The van der Waals surface area contributed by atoms with Crippen molar-refractivity contribution in [3.05, 3.63) is 42.4 Å². The van der Waals surface area contributed by atoms with E-state index in [1.165, 1.54) is 12.8 Å². The predicted molar refractivity (Wildman–Crippen MR) is 79.5 cm³/mol. The molecular formula is C15H17N5O2. The second-order valence-electron chi connectivity index (χ2n) is 5.53. The second kappa shape index (κ2) is 5.42. The molecule has 1 atom stereocenters. The Kier molecular flexibility index (Phi) is 3.27. The Morgan fingerprint density at radius 3 is 3.05 bits per heavy atom. The summed E-state index contributed by atoms with van der Waals surface area (Å²) in [5, 5.41) is 21.1. The van der Waals surface area contributed by atoms with Crippen molar-refractivity contribution >= 4 is 11.5 Å². The number of aromatic nitrogens is 4. The molecule has 0 radical (unpaired) electrons. The number of furan rings is 1. The lowest BCUT2D eigenvalue weighted by molar-refractivity contribution is 0.273. The fourth-order valence-corrected chi connectivity index (χ4v) is 2.64. The van der Waals surface area contributed by atoms with E-state index in [1.54, 1.807) is 12.5 Å². The third-order valence-corrected chi connectivity index (χ3v) is 3.91. The molecule has 0 spiro atoms. The molecule has 114 valence electrons. The zero-order valence-corrected chi connectivity index (χ0v) is 12.0. The standard InChI is InChI=1S/C15H17N5O2/c21-8-5-11(12-2-1-9-22-12)17-13-15-19-18-14(10-3-4-10)20(15)7-6-16-13/h1-2,6-7,9-11,21H,3-5,8H2,(H,16,17). The summed E-state index contributed by atoms with van der Waals surface area (Å²) < 4.78 is 7.43. The van der Waals surface area contributed by atoms with Gasteiger partial charge in [0.1, 0.15) is 11.6 Å². The summed E-state index contributed by atoms with van der Waals surface area (Å²) in [6.45, 7) is 0.0570. The van der Waals surface area contributed by atoms with Gasteiger partial charge in [-0.2, -0.15) is 0 Å². The molecule has 2 N–H and O–H groups in total. The number of anilines is 1. The quantitative estimate of drug-likeness (QED) is 0.725. The van der Waals surface area contributed by atoms with Gasteiger partial charge in [0.05, 0.1) is 12.3 Å². The van der Waals surface area contributed by atoms with E-state index < -0.39 is 0 Å². The molecular weight excluding hydrogens is 282 g/mol. The lowest BCUT2D eigenvalue weighted by Gasteiger charge is -2.16. The van der Waals surface area contributed by atoms with Crippen molar-refractivity contribution in [2.24, 2.45) is 0 Å². The van der Waals surface area contributed by atoms with Crippen LogP contribution < -0.4 is 5.32 Å². The van der Waals surface area contributed by atoms with Crippen molar-refractivity contribution < 1.29 is 9.52 Å². The highest BCUT2D eigenvalue weighted by atomic mass is 16.3.